The highest BCUT2D eigenvalue weighted by Crippen LogP contribution is 2.30. The van der Waals surface area contributed by atoms with Crippen LogP contribution in [0.2, 0.25) is 5.02 Å². The van der Waals surface area contributed by atoms with Crippen molar-refractivity contribution in [2.45, 2.75) is 62.6 Å². The number of hydrogen-bond donors (Lipinski definition) is 1. The van der Waals surface area contributed by atoms with Crippen LogP contribution in [0.3, 0.4) is 0 Å². The van der Waals surface area contributed by atoms with Gasteiger partial charge in [-0.3, -0.25) is 13.9 Å². The third-order valence-corrected chi connectivity index (χ3v) is 10.5. The lowest BCUT2D eigenvalue weighted by Gasteiger charge is -2.34. The van der Waals surface area contributed by atoms with Gasteiger partial charge in [-0.2, -0.15) is 0 Å². The fourth-order valence-electron chi connectivity index (χ4n) is 5.97. The third kappa shape index (κ3) is 8.53. The molecule has 1 saturated carbocycles. The van der Waals surface area contributed by atoms with E-state index in [1.54, 1.807) is 56.5 Å². The van der Waals surface area contributed by atoms with Gasteiger partial charge in [-0.15, -0.1) is 0 Å². The molecular formula is C37H40ClN3O5S. The Hall–Kier alpha value is -4.34. The van der Waals surface area contributed by atoms with Crippen LogP contribution in [-0.2, 0) is 32.6 Å². The van der Waals surface area contributed by atoms with E-state index in [1.165, 1.54) is 17.0 Å². The molecule has 246 valence electrons. The number of rotatable bonds is 13. The number of benzene rings is 4. The molecule has 2 amide bonds. The van der Waals surface area contributed by atoms with Crippen molar-refractivity contribution in [2.24, 2.45) is 0 Å². The second kappa shape index (κ2) is 15.5. The maximum atomic E-state index is 14.7. The molecule has 4 aromatic carbocycles. The zero-order valence-electron chi connectivity index (χ0n) is 26.6. The number of carbonyl (C=O) groups is 2. The lowest BCUT2D eigenvalue weighted by Crippen LogP contribution is -2.54. The first kappa shape index (κ1) is 34.0. The number of ether oxygens (including phenoxy) is 1. The summed E-state index contributed by atoms with van der Waals surface area (Å²) in [5, 5.41) is 3.52. The second-order valence-corrected chi connectivity index (χ2v) is 14.1. The summed E-state index contributed by atoms with van der Waals surface area (Å²) >= 11 is 6.37. The molecule has 0 spiro atoms. The van der Waals surface area contributed by atoms with Crippen LogP contribution in [0.4, 0.5) is 5.69 Å². The monoisotopic (exact) mass is 673 g/mol. The van der Waals surface area contributed by atoms with Gasteiger partial charge in [0.1, 0.15) is 18.3 Å². The zero-order chi connectivity index (χ0) is 33.4. The van der Waals surface area contributed by atoms with E-state index in [1.807, 2.05) is 48.5 Å². The highest BCUT2D eigenvalue weighted by atomic mass is 35.5. The number of nitrogens with one attached hydrogen (secondary N) is 1. The number of aryl methyl sites for hydroxylation is 1. The predicted octanol–water partition coefficient (Wildman–Crippen LogP) is 6.55. The van der Waals surface area contributed by atoms with Crippen molar-refractivity contribution in [1.82, 2.24) is 10.2 Å². The highest BCUT2D eigenvalue weighted by molar-refractivity contribution is 7.92. The number of carbonyl (C=O) groups excluding carboxylic acids is 2. The molecule has 1 unspecified atom stereocenters. The normalized spacial score (nSPS) is 13.9. The summed E-state index contributed by atoms with van der Waals surface area (Å²) in [6.45, 7) is 1.27. The number of hydrogen-bond acceptors (Lipinski definition) is 5. The first-order valence-electron chi connectivity index (χ1n) is 15.8. The van der Waals surface area contributed by atoms with Crippen molar-refractivity contribution in [2.75, 3.05) is 18.0 Å². The molecule has 1 aliphatic carbocycles. The van der Waals surface area contributed by atoms with Crippen LogP contribution >= 0.6 is 11.6 Å². The van der Waals surface area contributed by atoms with Crippen molar-refractivity contribution >= 4 is 39.1 Å². The average molecular weight is 674 g/mol. The molecule has 0 heterocycles. The van der Waals surface area contributed by atoms with E-state index < -0.39 is 28.5 Å². The molecule has 4 aromatic rings. The minimum Gasteiger partial charge on any atom is -0.497 e. The first-order chi connectivity index (χ1) is 22.7. The Morgan fingerprint density at radius 3 is 2.23 bits per heavy atom. The molecule has 1 aliphatic rings. The van der Waals surface area contributed by atoms with E-state index in [-0.39, 0.29) is 35.5 Å². The van der Waals surface area contributed by atoms with Gasteiger partial charge in [-0.1, -0.05) is 91.2 Å². The van der Waals surface area contributed by atoms with Crippen molar-refractivity contribution in [3.8, 4) is 5.75 Å². The lowest BCUT2D eigenvalue weighted by atomic mass is 10.0. The Labute approximate surface area is 282 Å². The van der Waals surface area contributed by atoms with Crippen LogP contribution in [-0.4, -0.2) is 50.9 Å². The van der Waals surface area contributed by atoms with Crippen LogP contribution in [0.15, 0.2) is 108 Å². The Morgan fingerprint density at radius 2 is 1.55 bits per heavy atom. The molecule has 10 heteroatoms. The number of methoxy groups -OCH3 is 1. The first-order valence-corrected chi connectivity index (χ1v) is 17.6. The van der Waals surface area contributed by atoms with Gasteiger partial charge in [0, 0.05) is 24.0 Å². The highest BCUT2D eigenvalue weighted by Gasteiger charge is 2.36. The lowest BCUT2D eigenvalue weighted by molar-refractivity contribution is -0.140. The smallest absolute Gasteiger partial charge is 0.264 e. The van der Waals surface area contributed by atoms with Gasteiger partial charge in [-0.05, 0) is 72.9 Å². The number of anilines is 1. The maximum absolute atomic E-state index is 14.7. The van der Waals surface area contributed by atoms with Gasteiger partial charge in [0.15, 0.2) is 0 Å². The van der Waals surface area contributed by atoms with E-state index in [2.05, 4.69) is 5.32 Å². The standard InChI is InChI=1S/C37H40ClN3O5S/c1-27-20-21-30(38)24-34(27)41(47(44,45)33-18-7-4-8-19-33)26-36(42)40(25-29-14-11-17-32(22-29)46-2)35(23-28-12-5-3-6-13-28)37(43)39-31-15-9-10-16-31/h3-8,11-14,17-22,24,31,35H,9-10,15-16,23,25-26H2,1-2H3,(H,39,43). The van der Waals surface area contributed by atoms with Crippen LogP contribution < -0.4 is 14.4 Å². The Bertz CT molecular complexity index is 1780. The maximum Gasteiger partial charge on any atom is 0.264 e. The van der Waals surface area contributed by atoms with Gasteiger partial charge in [0.05, 0.1) is 17.7 Å². The van der Waals surface area contributed by atoms with Gasteiger partial charge in [0.25, 0.3) is 10.0 Å². The number of halogens is 1. The average Bonchev–Trinajstić information content (AvgIpc) is 3.60. The van der Waals surface area contributed by atoms with Gasteiger partial charge < -0.3 is 15.0 Å². The summed E-state index contributed by atoms with van der Waals surface area (Å²) in [4.78, 5) is 30.4. The van der Waals surface area contributed by atoms with Gasteiger partial charge >= 0.3 is 0 Å². The van der Waals surface area contributed by atoms with E-state index in [4.69, 9.17) is 16.3 Å². The van der Waals surface area contributed by atoms with E-state index in [0.717, 1.165) is 41.1 Å². The predicted molar refractivity (Wildman–Crippen MR) is 185 cm³/mol. The largest absolute Gasteiger partial charge is 0.497 e. The van der Waals surface area contributed by atoms with E-state index >= 15 is 0 Å². The zero-order valence-corrected chi connectivity index (χ0v) is 28.2. The molecule has 5 rings (SSSR count). The summed E-state index contributed by atoms with van der Waals surface area (Å²) in [5.74, 6) is -0.199. The Balaban J connectivity index is 1.59. The Kier molecular flexibility index (Phi) is 11.2. The summed E-state index contributed by atoms with van der Waals surface area (Å²) in [6.07, 6.45) is 4.07. The fraction of sp³-hybridized carbons (Fsp3) is 0.297. The molecule has 8 nitrogen and oxygen atoms in total. The van der Waals surface area contributed by atoms with E-state index in [0.29, 0.717) is 16.3 Å². The number of amides is 2. The Morgan fingerprint density at radius 1 is 0.894 bits per heavy atom. The quantitative estimate of drug-likeness (QED) is 0.174. The van der Waals surface area contributed by atoms with Crippen LogP contribution in [0.1, 0.15) is 42.4 Å². The third-order valence-electron chi connectivity index (χ3n) is 8.51. The summed E-state index contributed by atoms with van der Waals surface area (Å²) < 4.78 is 35.0. The second-order valence-electron chi connectivity index (χ2n) is 11.8. The molecular weight excluding hydrogens is 634 g/mol. The number of nitrogens with zero attached hydrogens (tertiary/aromatic N) is 2. The summed E-state index contributed by atoms with van der Waals surface area (Å²) in [6, 6.07) is 28.9. The van der Waals surface area contributed by atoms with E-state index in [9.17, 15) is 18.0 Å². The minimum absolute atomic E-state index is 0.0265. The summed E-state index contributed by atoms with van der Waals surface area (Å²) in [7, 11) is -2.66. The fourth-order valence-corrected chi connectivity index (χ4v) is 7.63. The molecule has 0 aromatic heterocycles. The molecule has 0 bridgehead atoms. The van der Waals surface area contributed by atoms with Crippen molar-refractivity contribution < 1.29 is 22.7 Å². The molecule has 0 radical (unpaired) electrons. The number of sulfonamides is 1. The molecule has 47 heavy (non-hydrogen) atoms. The molecule has 0 aliphatic heterocycles. The van der Waals surface area contributed by atoms with Crippen LogP contribution in [0.5, 0.6) is 5.75 Å². The van der Waals surface area contributed by atoms with Crippen molar-refractivity contribution in [3.05, 3.63) is 125 Å². The van der Waals surface area contributed by atoms with Crippen molar-refractivity contribution in [3.63, 3.8) is 0 Å². The minimum atomic E-state index is -4.22. The summed E-state index contributed by atoms with van der Waals surface area (Å²) in [5.41, 5.74) is 2.52. The SMILES string of the molecule is COc1cccc(CN(C(=O)CN(c2cc(Cl)ccc2C)S(=O)(=O)c2ccccc2)C(Cc2ccccc2)C(=O)NC2CCCC2)c1. The van der Waals surface area contributed by atoms with Crippen molar-refractivity contribution in [1.29, 1.82) is 0 Å². The molecule has 0 saturated heterocycles. The van der Waals surface area contributed by atoms with Gasteiger partial charge in [0.2, 0.25) is 11.8 Å². The van der Waals surface area contributed by atoms with Gasteiger partial charge in [-0.25, -0.2) is 8.42 Å². The molecule has 1 atom stereocenters. The topological polar surface area (TPSA) is 96.0 Å². The van der Waals surface area contributed by atoms with Crippen LogP contribution in [0.25, 0.3) is 0 Å². The molecule has 1 fully saturated rings. The molecule has 1 N–H and O–H groups in total. The van der Waals surface area contributed by atoms with Crippen LogP contribution in [0, 0.1) is 6.92 Å².